The number of ether oxygens (including phenoxy) is 1. The molecule has 5 nitrogen and oxygen atoms in total. The average Bonchev–Trinajstić information content (AvgIpc) is 2.50. The van der Waals surface area contributed by atoms with Gasteiger partial charge in [-0.15, -0.1) is 0 Å². The van der Waals surface area contributed by atoms with Crippen LogP contribution in [0.3, 0.4) is 0 Å². The summed E-state index contributed by atoms with van der Waals surface area (Å²) in [5, 5.41) is 0.647. The SMILES string of the molecule is CC(C)(C)OC(=O)c1c(Br)[nH]c2ncncc12. The van der Waals surface area contributed by atoms with Crippen LogP contribution in [0, 0.1) is 0 Å². The van der Waals surface area contributed by atoms with E-state index >= 15 is 0 Å². The molecule has 0 unspecified atom stereocenters. The van der Waals surface area contributed by atoms with Crippen molar-refractivity contribution in [1.29, 1.82) is 0 Å². The van der Waals surface area contributed by atoms with E-state index in [0.29, 0.717) is 21.2 Å². The largest absolute Gasteiger partial charge is 0.456 e. The lowest BCUT2D eigenvalue weighted by Crippen LogP contribution is -2.24. The van der Waals surface area contributed by atoms with Gasteiger partial charge < -0.3 is 9.72 Å². The van der Waals surface area contributed by atoms with Crippen LogP contribution in [-0.4, -0.2) is 26.5 Å². The third-order valence-electron chi connectivity index (χ3n) is 2.03. The molecule has 0 spiro atoms. The molecule has 2 aromatic rings. The van der Waals surface area contributed by atoms with Gasteiger partial charge in [-0.3, -0.25) is 0 Å². The van der Waals surface area contributed by atoms with Gasteiger partial charge in [-0.05, 0) is 36.7 Å². The molecular formula is C11H12BrN3O2. The third kappa shape index (κ3) is 2.46. The molecule has 0 atom stereocenters. The van der Waals surface area contributed by atoms with Gasteiger partial charge in [-0.25, -0.2) is 14.8 Å². The summed E-state index contributed by atoms with van der Waals surface area (Å²) < 4.78 is 5.88. The van der Waals surface area contributed by atoms with Crippen molar-refractivity contribution in [2.24, 2.45) is 0 Å². The van der Waals surface area contributed by atoms with Crippen molar-refractivity contribution in [2.45, 2.75) is 26.4 Å². The molecule has 0 aliphatic heterocycles. The summed E-state index contributed by atoms with van der Waals surface area (Å²) in [6.45, 7) is 5.47. The van der Waals surface area contributed by atoms with E-state index in [0.717, 1.165) is 0 Å². The number of halogens is 1. The molecule has 0 fully saturated rings. The summed E-state index contributed by atoms with van der Waals surface area (Å²) in [7, 11) is 0. The number of hydrogen-bond acceptors (Lipinski definition) is 4. The number of nitrogens with zero attached hydrogens (tertiary/aromatic N) is 2. The van der Waals surface area contributed by atoms with Crippen molar-refractivity contribution in [2.75, 3.05) is 0 Å². The minimum absolute atomic E-state index is 0.398. The first kappa shape index (κ1) is 12.0. The molecule has 2 rings (SSSR count). The van der Waals surface area contributed by atoms with Crippen LogP contribution in [-0.2, 0) is 4.74 Å². The van der Waals surface area contributed by atoms with Crippen LogP contribution >= 0.6 is 15.9 Å². The Balaban J connectivity index is 2.48. The zero-order valence-corrected chi connectivity index (χ0v) is 11.3. The third-order valence-corrected chi connectivity index (χ3v) is 2.63. The number of fused-ring (bicyclic) bond motifs is 1. The highest BCUT2D eigenvalue weighted by atomic mass is 79.9. The topological polar surface area (TPSA) is 67.9 Å². The normalized spacial score (nSPS) is 11.8. The molecule has 2 heterocycles. The van der Waals surface area contributed by atoms with E-state index in [2.05, 4.69) is 30.9 Å². The van der Waals surface area contributed by atoms with E-state index in [1.54, 1.807) is 6.20 Å². The van der Waals surface area contributed by atoms with E-state index in [-0.39, 0.29) is 0 Å². The van der Waals surface area contributed by atoms with Gasteiger partial charge in [0.25, 0.3) is 0 Å². The fourth-order valence-electron chi connectivity index (χ4n) is 1.43. The first-order chi connectivity index (χ1) is 7.88. The van der Waals surface area contributed by atoms with Gasteiger partial charge in [0.05, 0.1) is 9.99 Å². The van der Waals surface area contributed by atoms with E-state index < -0.39 is 11.6 Å². The number of hydrogen-bond donors (Lipinski definition) is 1. The number of aromatic amines is 1. The molecule has 1 N–H and O–H groups in total. The van der Waals surface area contributed by atoms with Crippen LogP contribution in [0.5, 0.6) is 0 Å². The van der Waals surface area contributed by atoms with Crippen molar-refractivity contribution < 1.29 is 9.53 Å². The quantitative estimate of drug-likeness (QED) is 0.822. The molecule has 6 heteroatoms. The molecule has 0 saturated carbocycles. The second-order valence-corrected chi connectivity index (χ2v) is 5.39. The fraction of sp³-hybridized carbons (Fsp3) is 0.364. The average molecular weight is 298 g/mol. The molecule has 0 aliphatic carbocycles. The van der Waals surface area contributed by atoms with Crippen LogP contribution in [0.4, 0.5) is 0 Å². The number of aromatic nitrogens is 3. The van der Waals surface area contributed by atoms with Gasteiger partial charge in [0.15, 0.2) is 0 Å². The zero-order chi connectivity index (χ0) is 12.6. The van der Waals surface area contributed by atoms with Crippen molar-refractivity contribution in [3.63, 3.8) is 0 Å². The molecular weight excluding hydrogens is 286 g/mol. The van der Waals surface area contributed by atoms with Crippen LogP contribution in [0.25, 0.3) is 11.0 Å². The first-order valence-corrected chi connectivity index (χ1v) is 5.88. The Morgan fingerprint density at radius 1 is 1.47 bits per heavy atom. The molecule has 0 saturated heterocycles. The zero-order valence-electron chi connectivity index (χ0n) is 9.74. The Morgan fingerprint density at radius 2 is 2.18 bits per heavy atom. The minimum Gasteiger partial charge on any atom is -0.456 e. The van der Waals surface area contributed by atoms with Crippen LogP contribution in [0.15, 0.2) is 17.1 Å². The Hall–Kier alpha value is -1.43. The second-order valence-electron chi connectivity index (χ2n) is 4.60. The molecule has 0 aliphatic rings. The Morgan fingerprint density at radius 3 is 2.82 bits per heavy atom. The summed E-state index contributed by atoms with van der Waals surface area (Å²) >= 11 is 3.29. The maximum Gasteiger partial charge on any atom is 0.342 e. The molecule has 2 aromatic heterocycles. The van der Waals surface area contributed by atoms with E-state index in [9.17, 15) is 4.79 Å². The number of carbonyl (C=O) groups is 1. The smallest absolute Gasteiger partial charge is 0.342 e. The molecule has 17 heavy (non-hydrogen) atoms. The van der Waals surface area contributed by atoms with Crippen molar-refractivity contribution in [3.8, 4) is 0 Å². The highest BCUT2D eigenvalue weighted by Gasteiger charge is 2.23. The predicted octanol–water partition coefficient (Wildman–Crippen LogP) is 2.68. The Bertz CT molecular complexity index is 572. The van der Waals surface area contributed by atoms with Gasteiger partial charge in [0.2, 0.25) is 0 Å². The standard InChI is InChI=1S/C11H12BrN3O2/c1-11(2,3)17-10(16)7-6-4-13-5-14-9(6)15-8(7)12/h4-5H,1-3H3,(H,13,14,15). The Labute approximate surface area is 107 Å². The van der Waals surface area contributed by atoms with E-state index in [1.165, 1.54) is 6.33 Å². The maximum atomic E-state index is 12.0. The summed E-state index contributed by atoms with van der Waals surface area (Å²) in [6, 6.07) is 0. The van der Waals surface area contributed by atoms with Crippen LogP contribution in [0.2, 0.25) is 0 Å². The molecule has 0 aromatic carbocycles. The van der Waals surface area contributed by atoms with Gasteiger partial charge in [-0.1, -0.05) is 0 Å². The lowest BCUT2D eigenvalue weighted by Gasteiger charge is -2.19. The monoisotopic (exact) mass is 297 g/mol. The Kier molecular flexibility index (Phi) is 2.91. The highest BCUT2D eigenvalue weighted by Crippen LogP contribution is 2.26. The van der Waals surface area contributed by atoms with E-state index in [1.807, 2.05) is 20.8 Å². The lowest BCUT2D eigenvalue weighted by atomic mass is 10.2. The number of carbonyl (C=O) groups excluding carboxylic acids is 1. The predicted molar refractivity (Wildman–Crippen MR) is 66.8 cm³/mol. The number of H-pyrrole nitrogens is 1. The second kappa shape index (κ2) is 4.10. The van der Waals surface area contributed by atoms with Crippen molar-refractivity contribution in [1.82, 2.24) is 15.0 Å². The summed E-state index contributed by atoms with van der Waals surface area (Å²) in [6.07, 6.45) is 3.01. The minimum atomic E-state index is -0.532. The van der Waals surface area contributed by atoms with Crippen LogP contribution < -0.4 is 0 Å². The maximum absolute atomic E-state index is 12.0. The fourth-order valence-corrected chi connectivity index (χ4v) is 1.99. The summed E-state index contributed by atoms with van der Waals surface area (Å²) in [5.74, 6) is -0.398. The molecule has 0 amide bonds. The number of nitrogens with one attached hydrogen (secondary N) is 1. The van der Waals surface area contributed by atoms with Crippen molar-refractivity contribution >= 4 is 32.9 Å². The molecule has 90 valence electrons. The van der Waals surface area contributed by atoms with Crippen LogP contribution in [0.1, 0.15) is 31.1 Å². The summed E-state index contributed by atoms with van der Waals surface area (Å²) in [5.41, 5.74) is 0.499. The van der Waals surface area contributed by atoms with Gasteiger partial charge in [-0.2, -0.15) is 0 Å². The van der Waals surface area contributed by atoms with Gasteiger partial charge in [0, 0.05) is 6.20 Å². The molecule has 0 radical (unpaired) electrons. The van der Waals surface area contributed by atoms with E-state index in [4.69, 9.17) is 4.74 Å². The molecule has 0 bridgehead atoms. The van der Waals surface area contributed by atoms with Crippen molar-refractivity contribution in [3.05, 3.63) is 22.7 Å². The summed E-state index contributed by atoms with van der Waals surface area (Å²) in [4.78, 5) is 22.9. The van der Waals surface area contributed by atoms with Gasteiger partial charge in [0.1, 0.15) is 23.1 Å². The highest BCUT2D eigenvalue weighted by molar-refractivity contribution is 9.10. The number of rotatable bonds is 1. The first-order valence-electron chi connectivity index (χ1n) is 5.09. The van der Waals surface area contributed by atoms with Gasteiger partial charge >= 0.3 is 5.97 Å². The lowest BCUT2D eigenvalue weighted by molar-refractivity contribution is 0.00708. The number of esters is 1.